The van der Waals surface area contributed by atoms with Gasteiger partial charge >= 0.3 is 0 Å². The van der Waals surface area contributed by atoms with Crippen molar-refractivity contribution in [1.29, 1.82) is 0 Å². The molecule has 2 aromatic heterocycles. The fraction of sp³-hybridized carbons (Fsp3) is 0.200. The molecule has 0 atom stereocenters. The Morgan fingerprint density at radius 1 is 1.64 bits per heavy atom. The number of tetrazole rings is 1. The number of nitrogens with one attached hydrogen (secondary N) is 1. The van der Waals surface area contributed by atoms with Gasteiger partial charge in [0.15, 0.2) is 5.65 Å². The highest BCUT2D eigenvalue weighted by Gasteiger charge is 1.99. The van der Waals surface area contributed by atoms with E-state index in [0.29, 0.717) is 11.5 Å². The normalized spacial score (nSPS) is 10.6. The van der Waals surface area contributed by atoms with Crippen molar-refractivity contribution in [3.63, 3.8) is 0 Å². The Morgan fingerprint density at radius 2 is 2.45 bits per heavy atom. The Balaban J connectivity index is 3.02. The van der Waals surface area contributed by atoms with Crippen molar-refractivity contribution < 1.29 is 0 Å². The Morgan fingerprint density at radius 3 is 3.27 bits per heavy atom. The fourth-order valence-corrected chi connectivity index (χ4v) is 0.898. The third-order valence-electron chi connectivity index (χ3n) is 1.37. The van der Waals surface area contributed by atoms with Crippen molar-refractivity contribution in [2.24, 2.45) is 0 Å². The molecule has 0 saturated carbocycles. The Hall–Kier alpha value is -1.72. The van der Waals surface area contributed by atoms with E-state index in [9.17, 15) is 4.79 Å². The molecule has 2 aromatic rings. The van der Waals surface area contributed by atoms with Gasteiger partial charge in [-0.3, -0.25) is 4.79 Å². The molecule has 2 heterocycles. The lowest BCUT2D eigenvalue weighted by Gasteiger charge is -1.91. The van der Waals surface area contributed by atoms with Gasteiger partial charge in [0.1, 0.15) is 5.82 Å². The first-order chi connectivity index (χ1) is 5.27. The lowest BCUT2D eigenvalue weighted by Crippen LogP contribution is -2.10. The fourth-order valence-electron chi connectivity index (χ4n) is 0.898. The summed E-state index contributed by atoms with van der Waals surface area (Å²) in [5.41, 5.74) is 0.193. The highest BCUT2D eigenvalue weighted by atomic mass is 16.1. The third kappa shape index (κ3) is 0.794. The predicted octanol–water partition coefficient (Wildman–Crippen LogP) is -0.879. The highest BCUT2D eigenvalue weighted by Crippen LogP contribution is 1.91. The Labute approximate surface area is 60.9 Å². The standard InChI is InChI=1S/C5H5N5O/c1-3-6-5(11)2-4-7-8-9-10(3)4/h2H,1H3,(H,7,9). The summed E-state index contributed by atoms with van der Waals surface area (Å²) >= 11 is 0. The largest absolute Gasteiger partial charge is 0.275 e. The minimum atomic E-state index is -0.295. The van der Waals surface area contributed by atoms with Gasteiger partial charge in [-0.05, 0) is 6.92 Å². The maximum absolute atomic E-state index is 10.8. The first kappa shape index (κ1) is 6.02. The van der Waals surface area contributed by atoms with Gasteiger partial charge < -0.3 is 0 Å². The number of nitrogens with zero attached hydrogens (tertiary/aromatic N) is 4. The number of aryl methyl sites for hydroxylation is 1. The van der Waals surface area contributed by atoms with Crippen LogP contribution in [0.3, 0.4) is 0 Å². The van der Waals surface area contributed by atoms with E-state index in [1.807, 2.05) is 0 Å². The van der Waals surface area contributed by atoms with Crippen LogP contribution in [0.4, 0.5) is 0 Å². The van der Waals surface area contributed by atoms with Crippen molar-refractivity contribution in [3.05, 3.63) is 22.2 Å². The molecule has 0 saturated heterocycles. The van der Waals surface area contributed by atoms with Crippen LogP contribution in [0.2, 0.25) is 0 Å². The summed E-state index contributed by atoms with van der Waals surface area (Å²) in [4.78, 5) is 14.5. The van der Waals surface area contributed by atoms with Crippen molar-refractivity contribution in [3.8, 4) is 0 Å². The summed E-state index contributed by atoms with van der Waals surface area (Å²) in [6, 6.07) is 1.32. The zero-order valence-electron chi connectivity index (χ0n) is 5.77. The predicted molar refractivity (Wildman–Crippen MR) is 36.1 cm³/mol. The Kier molecular flexibility index (Phi) is 1.03. The molecule has 0 unspecified atom stereocenters. The van der Waals surface area contributed by atoms with Gasteiger partial charge in [-0.2, -0.15) is 10.2 Å². The molecule has 6 nitrogen and oxygen atoms in total. The van der Waals surface area contributed by atoms with Gasteiger partial charge in [-0.25, -0.2) is 4.52 Å². The van der Waals surface area contributed by atoms with E-state index in [4.69, 9.17) is 0 Å². The molecule has 6 heteroatoms. The highest BCUT2D eigenvalue weighted by molar-refractivity contribution is 5.32. The van der Waals surface area contributed by atoms with Gasteiger partial charge in [0, 0.05) is 0 Å². The molecule has 0 aliphatic rings. The molecule has 0 aromatic carbocycles. The summed E-state index contributed by atoms with van der Waals surface area (Å²) in [5, 5.41) is 9.74. The lowest BCUT2D eigenvalue weighted by atomic mass is 10.5. The van der Waals surface area contributed by atoms with E-state index in [2.05, 4.69) is 20.5 Å². The smallest absolute Gasteiger partial charge is 0.267 e. The third-order valence-corrected chi connectivity index (χ3v) is 1.37. The lowest BCUT2D eigenvalue weighted by molar-refractivity contribution is 0.777. The molecular formula is C5H5N5O. The molecule has 0 aliphatic heterocycles. The van der Waals surface area contributed by atoms with Crippen LogP contribution in [0.25, 0.3) is 5.65 Å². The first-order valence-electron chi connectivity index (χ1n) is 3.05. The van der Waals surface area contributed by atoms with Crippen molar-refractivity contribution in [2.45, 2.75) is 6.92 Å². The van der Waals surface area contributed by atoms with Crippen molar-refractivity contribution >= 4 is 5.65 Å². The van der Waals surface area contributed by atoms with E-state index in [1.165, 1.54) is 10.6 Å². The summed E-state index contributed by atoms with van der Waals surface area (Å²) in [6.07, 6.45) is 0. The molecule has 1 N–H and O–H groups in total. The van der Waals surface area contributed by atoms with Gasteiger partial charge in [-0.1, -0.05) is 5.21 Å². The average Bonchev–Trinajstić information content (AvgIpc) is 2.34. The molecule has 11 heavy (non-hydrogen) atoms. The summed E-state index contributed by atoms with van der Waals surface area (Å²) in [7, 11) is 0. The van der Waals surface area contributed by atoms with Gasteiger partial charge in [-0.15, -0.1) is 5.10 Å². The first-order valence-corrected chi connectivity index (χ1v) is 3.05. The summed E-state index contributed by atoms with van der Waals surface area (Å²) in [6.45, 7) is 1.70. The topological polar surface area (TPSA) is 75.9 Å². The van der Waals surface area contributed by atoms with Crippen LogP contribution in [0.15, 0.2) is 10.9 Å². The van der Waals surface area contributed by atoms with Crippen LogP contribution < -0.4 is 5.56 Å². The molecule has 0 fully saturated rings. The molecule has 0 amide bonds. The van der Waals surface area contributed by atoms with Crippen molar-refractivity contribution in [1.82, 2.24) is 25.0 Å². The van der Waals surface area contributed by atoms with Gasteiger partial charge in [0.05, 0.1) is 6.07 Å². The van der Waals surface area contributed by atoms with E-state index in [1.54, 1.807) is 6.92 Å². The maximum atomic E-state index is 10.8. The average molecular weight is 151 g/mol. The van der Waals surface area contributed by atoms with Crippen LogP contribution in [-0.4, -0.2) is 25.0 Å². The van der Waals surface area contributed by atoms with E-state index in [0.717, 1.165) is 0 Å². The van der Waals surface area contributed by atoms with Crippen LogP contribution in [0, 0.1) is 6.92 Å². The Bertz CT molecular complexity index is 441. The maximum Gasteiger partial charge on any atom is 0.275 e. The van der Waals surface area contributed by atoms with Crippen LogP contribution in [0.5, 0.6) is 0 Å². The van der Waals surface area contributed by atoms with Crippen LogP contribution in [0.1, 0.15) is 5.82 Å². The van der Waals surface area contributed by atoms with Crippen LogP contribution in [-0.2, 0) is 0 Å². The molecular weight excluding hydrogens is 146 g/mol. The minimum absolute atomic E-state index is 0.295. The summed E-state index contributed by atoms with van der Waals surface area (Å²) in [5.74, 6) is 0.553. The number of fused-ring (bicyclic) bond motifs is 1. The second-order valence-electron chi connectivity index (χ2n) is 2.14. The number of H-pyrrole nitrogens is 1. The molecule has 2 rings (SSSR count). The molecule has 0 spiro atoms. The van der Waals surface area contributed by atoms with E-state index >= 15 is 0 Å². The number of aromatic nitrogens is 5. The second kappa shape index (κ2) is 1.88. The zero-order valence-corrected chi connectivity index (χ0v) is 5.77. The van der Waals surface area contributed by atoms with Gasteiger partial charge in [0.25, 0.3) is 5.56 Å². The van der Waals surface area contributed by atoms with Gasteiger partial charge in [0.2, 0.25) is 0 Å². The molecule has 0 aliphatic carbocycles. The molecule has 56 valence electrons. The molecule has 0 bridgehead atoms. The zero-order chi connectivity index (χ0) is 7.84. The second-order valence-corrected chi connectivity index (χ2v) is 2.14. The number of hydrogen-bond acceptors (Lipinski definition) is 4. The SMILES string of the molecule is Cc1nc(=O)cc2nn[nH]n12. The monoisotopic (exact) mass is 151 g/mol. The number of aromatic amines is 1. The van der Waals surface area contributed by atoms with E-state index in [-0.39, 0.29) is 5.56 Å². The number of rotatable bonds is 0. The van der Waals surface area contributed by atoms with E-state index < -0.39 is 0 Å². The minimum Gasteiger partial charge on any atom is -0.267 e. The number of hydrogen-bond donors (Lipinski definition) is 1. The molecule has 0 radical (unpaired) electrons. The summed E-state index contributed by atoms with van der Waals surface area (Å²) < 4.78 is 1.53. The van der Waals surface area contributed by atoms with Crippen molar-refractivity contribution in [2.75, 3.05) is 0 Å². The van der Waals surface area contributed by atoms with Crippen LogP contribution >= 0.6 is 0 Å². The quantitative estimate of drug-likeness (QED) is 0.530.